The van der Waals surface area contributed by atoms with E-state index in [0.717, 1.165) is 35.9 Å². The Morgan fingerprint density at radius 3 is 3.06 bits per heavy atom. The van der Waals surface area contributed by atoms with Crippen LogP contribution in [0.25, 0.3) is 0 Å². The molecule has 96 valence electrons. The topological polar surface area (TPSA) is 61.0 Å². The van der Waals surface area contributed by atoms with E-state index in [1.54, 1.807) is 11.3 Å². The van der Waals surface area contributed by atoms with Gasteiger partial charge in [0.1, 0.15) is 10.0 Å². The largest absolute Gasteiger partial charge is 0.378 e. The summed E-state index contributed by atoms with van der Waals surface area (Å²) >= 11 is 1.65. The fraction of sp³-hybridized carbons (Fsp3) is 0.833. The maximum Gasteiger partial charge on any atom is 0.134 e. The van der Waals surface area contributed by atoms with Gasteiger partial charge in [0.15, 0.2) is 0 Å². The van der Waals surface area contributed by atoms with Crippen molar-refractivity contribution in [1.82, 2.24) is 10.2 Å². The second-order valence-corrected chi connectivity index (χ2v) is 5.67. The van der Waals surface area contributed by atoms with E-state index in [2.05, 4.69) is 17.1 Å². The highest BCUT2D eigenvalue weighted by Crippen LogP contribution is 2.22. The summed E-state index contributed by atoms with van der Waals surface area (Å²) in [5.74, 6) is 0. The third-order valence-electron chi connectivity index (χ3n) is 3.19. The molecule has 0 aliphatic carbocycles. The summed E-state index contributed by atoms with van der Waals surface area (Å²) in [4.78, 5) is 0. The Labute approximate surface area is 107 Å². The first-order valence-electron chi connectivity index (χ1n) is 6.49. The van der Waals surface area contributed by atoms with E-state index < -0.39 is 0 Å². The van der Waals surface area contributed by atoms with Gasteiger partial charge in [-0.1, -0.05) is 18.3 Å². The van der Waals surface area contributed by atoms with E-state index in [-0.39, 0.29) is 6.04 Å². The number of hydrogen-bond acceptors (Lipinski definition) is 5. The van der Waals surface area contributed by atoms with E-state index in [4.69, 9.17) is 10.5 Å². The van der Waals surface area contributed by atoms with Crippen molar-refractivity contribution in [3.8, 4) is 0 Å². The minimum atomic E-state index is 0.0483. The molecule has 0 spiro atoms. The normalized spacial score (nSPS) is 22.6. The molecule has 0 bridgehead atoms. The number of rotatable bonds is 5. The van der Waals surface area contributed by atoms with Crippen molar-refractivity contribution in [1.29, 1.82) is 0 Å². The number of nitrogens with two attached hydrogens (primary N) is 1. The van der Waals surface area contributed by atoms with Crippen molar-refractivity contribution in [3.63, 3.8) is 0 Å². The molecule has 1 saturated heterocycles. The molecule has 2 heterocycles. The van der Waals surface area contributed by atoms with Crippen molar-refractivity contribution in [2.24, 2.45) is 5.73 Å². The highest BCUT2D eigenvalue weighted by molar-refractivity contribution is 7.11. The number of hydrogen-bond donors (Lipinski definition) is 1. The highest BCUT2D eigenvalue weighted by Gasteiger charge is 2.16. The van der Waals surface area contributed by atoms with Crippen LogP contribution in [-0.2, 0) is 11.2 Å². The van der Waals surface area contributed by atoms with Crippen LogP contribution in [0.3, 0.4) is 0 Å². The highest BCUT2D eigenvalue weighted by atomic mass is 32.1. The van der Waals surface area contributed by atoms with Gasteiger partial charge in [-0.15, -0.1) is 10.2 Å². The van der Waals surface area contributed by atoms with Crippen LogP contribution in [0.1, 0.15) is 55.1 Å². The lowest BCUT2D eigenvalue weighted by Gasteiger charge is -2.21. The van der Waals surface area contributed by atoms with E-state index >= 15 is 0 Å². The Hall–Kier alpha value is -0.520. The van der Waals surface area contributed by atoms with Gasteiger partial charge in [-0.25, -0.2) is 0 Å². The maximum absolute atomic E-state index is 5.93. The summed E-state index contributed by atoms with van der Waals surface area (Å²) in [6.45, 7) is 2.99. The van der Waals surface area contributed by atoms with Gasteiger partial charge in [-0.2, -0.15) is 0 Å². The lowest BCUT2D eigenvalue weighted by atomic mass is 10.1. The second kappa shape index (κ2) is 6.42. The van der Waals surface area contributed by atoms with Gasteiger partial charge in [-0.3, -0.25) is 0 Å². The lowest BCUT2D eigenvalue weighted by molar-refractivity contribution is 0.0115. The van der Waals surface area contributed by atoms with Gasteiger partial charge in [0.2, 0.25) is 0 Å². The third-order valence-corrected chi connectivity index (χ3v) is 4.31. The first-order valence-corrected chi connectivity index (χ1v) is 7.30. The zero-order chi connectivity index (χ0) is 12.1. The Morgan fingerprint density at radius 1 is 1.47 bits per heavy atom. The molecule has 2 atom stereocenters. The minimum Gasteiger partial charge on any atom is -0.378 e. The first-order chi connectivity index (χ1) is 8.29. The van der Waals surface area contributed by atoms with Crippen LogP contribution in [0.15, 0.2) is 0 Å². The van der Waals surface area contributed by atoms with Gasteiger partial charge in [0.25, 0.3) is 0 Å². The summed E-state index contributed by atoms with van der Waals surface area (Å²) in [6.07, 6.45) is 7.09. The molecule has 0 radical (unpaired) electrons. The molecule has 2 N–H and O–H groups in total. The van der Waals surface area contributed by atoms with Crippen molar-refractivity contribution in [2.75, 3.05) is 6.61 Å². The lowest BCUT2D eigenvalue weighted by Crippen LogP contribution is -2.19. The summed E-state index contributed by atoms with van der Waals surface area (Å²) in [5, 5.41) is 10.4. The van der Waals surface area contributed by atoms with Gasteiger partial charge in [0, 0.05) is 13.0 Å². The molecule has 1 aliphatic heterocycles. The first kappa shape index (κ1) is 12.9. The SMILES string of the molecule is CCC(N)c1nnc(CCC2CCCCO2)s1. The number of nitrogens with zero attached hydrogens (tertiary/aromatic N) is 2. The van der Waals surface area contributed by atoms with Crippen LogP contribution in [0.5, 0.6) is 0 Å². The third kappa shape index (κ3) is 3.72. The predicted octanol–water partition coefficient (Wildman–Crippen LogP) is 2.45. The Bertz CT molecular complexity index is 336. The molecule has 0 aromatic carbocycles. The fourth-order valence-electron chi connectivity index (χ4n) is 2.01. The molecule has 17 heavy (non-hydrogen) atoms. The molecule has 0 saturated carbocycles. The molecule has 2 rings (SSSR count). The van der Waals surface area contributed by atoms with Gasteiger partial charge in [0.05, 0.1) is 12.1 Å². The quantitative estimate of drug-likeness (QED) is 0.878. The Balaban J connectivity index is 1.80. The maximum atomic E-state index is 5.93. The minimum absolute atomic E-state index is 0.0483. The standard InChI is InChI=1S/C12H21N3OS/c1-2-10(13)12-15-14-11(17-12)7-6-9-5-3-4-8-16-9/h9-10H,2-8,13H2,1H3. The summed E-state index contributed by atoms with van der Waals surface area (Å²) in [5.41, 5.74) is 5.93. The molecule has 4 nitrogen and oxygen atoms in total. The molecule has 1 aromatic heterocycles. The van der Waals surface area contributed by atoms with E-state index in [9.17, 15) is 0 Å². The number of aryl methyl sites for hydroxylation is 1. The smallest absolute Gasteiger partial charge is 0.134 e. The Kier molecular flexibility index (Phi) is 4.88. The zero-order valence-electron chi connectivity index (χ0n) is 10.4. The average molecular weight is 255 g/mol. The fourth-order valence-corrected chi connectivity index (χ4v) is 2.95. The van der Waals surface area contributed by atoms with E-state index in [0.29, 0.717) is 6.10 Å². The summed E-state index contributed by atoms with van der Waals surface area (Å²) < 4.78 is 5.71. The van der Waals surface area contributed by atoms with Crippen LogP contribution in [0, 0.1) is 0 Å². The second-order valence-electron chi connectivity index (χ2n) is 4.58. The Morgan fingerprint density at radius 2 is 2.35 bits per heavy atom. The van der Waals surface area contributed by atoms with Crippen molar-refractivity contribution < 1.29 is 4.74 Å². The van der Waals surface area contributed by atoms with Gasteiger partial charge < -0.3 is 10.5 Å². The monoisotopic (exact) mass is 255 g/mol. The molecule has 1 aromatic rings. The molecule has 5 heteroatoms. The van der Waals surface area contributed by atoms with Crippen molar-refractivity contribution in [2.45, 2.75) is 57.6 Å². The molecule has 1 fully saturated rings. The van der Waals surface area contributed by atoms with Crippen LogP contribution >= 0.6 is 11.3 Å². The number of ether oxygens (including phenoxy) is 1. The van der Waals surface area contributed by atoms with Crippen molar-refractivity contribution in [3.05, 3.63) is 10.0 Å². The molecular weight excluding hydrogens is 234 g/mol. The van der Waals surface area contributed by atoms with E-state index in [1.807, 2.05) is 0 Å². The van der Waals surface area contributed by atoms with E-state index in [1.165, 1.54) is 19.3 Å². The average Bonchev–Trinajstić information content (AvgIpc) is 2.85. The van der Waals surface area contributed by atoms with Crippen LogP contribution in [-0.4, -0.2) is 22.9 Å². The number of aromatic nitrogens is 2. The van der Waals surface area contributed by atoms with Crippen LogP contribution < -0.4 is 5.73 Å². The summed E-state index contributed by atoms with van der Waals surface area (Å²) in [6, 6.07) is 0.0483. The summed E-state index contributed by atoms with van der Waals surface area (Å²) in [7, 11) is 0. The molecule has 2 unspecified atom stereocenters. The molecular formula is C12H21N3OS. The predicted molar refractivity (Wildman–Crippen MR) is 69.0 cm³/mol. The van der Waals surface area contributed by atoms with Gasteiger partial charge >= 0.3 is 0 Å². The van der Waals surface area contributed by atoms with Crippen LogP contribution in [0.2, 0.25) is 0 Å². The molecule has 1 aliphatic rings. The zero-order valence-corrected chi connectivity index (χ0v) is 11.2. The van der Waals surface area contributed by atoms with Gasteiger partial charge in [-0.05, 0) is 32.1 Å². The van der Waals surface area contributed by atoms with Crippen LogP contribution in [0.4, 0.5) is 0 Å². The van der Waals surface area contributed by atoms with Crippen molar-refractivity contribution >= 4 is 11.3 Å². The molecule has 0 amide bonds.